The highest BCUT2D eigenvalue weighted by Crippen LogP contribution is 2.28. The average molecular weight is 485 g/mol. The molecule has 0 saturated carbocycles. The Bertz CT molecular complexity index is 975. The molecule has 0 bridgehead atoms. The van der Waals surface area contributed by atoms with E-state index in [1.165, 1.54) is 6.42 Å². The Balaban J connectivity index is 1.44. The van der Waals surface area contributed by atoms with Gasteiger partial charge in [0, 0.05) is 50.0 Å². The highest BCUT2D eigenvalue weighted by Gasteiger charge is 2.35. The minimum absolute atomic E-state index is 0.0619. The molecule has 4 rings (SSSR count). The van der Waals surface area contributed by atoms with Crippen molar-refractivity contribution in [2.24, 2.45) is 5.92 Å². The van der Waals surface area contributed by atoms with E-state index in [1.807, 2.05) is 46.2 Å². The molecule has 2 fully saturated rings. The van der Waals surface area contributed by atoms with Crippen LogP contribution in [-0.4, -0.2) is 61.0 Å². The highest BCUT2D eigenvalue weighted by molar-refractivity contribution is 6.30. The molecule has 0 unspecified atom stereocenters. The Morgan fingerprint density at radius 1 is 0.941 bits per heavy atom. The van der Waals surface area contributed by atoms with Gasteiger partial charge < -0.3 is 19.3 Å². The van der Waals surface area contributed by atoms with Gasteiger partial charge in [0.05, 0.1) is 13.5 Å². The van der Waals surface area contributed by atoms with Crippen molar-refractivity contribution < 1.29 is 19.1 Å². The van der Waals surface area contributed by atoms with Crippen molar-refractivity contribution in [2.45, 2.75) is 44.6 Å². The van der Waals surface area contributed by atoms with Gasteiger partial charge in [-0.3, -0.25) is 9.59 Å². The van der Waals surface area contributed by atoms with Crippen molar-refractivity contribution in [3.63, 3.8) is 0 Å². The molecule has 0 aromatic heterocycles. The lowest BCUT2D eigenvalue weighted by molar-refractivity contribution is -0.139. The normalized spacial score (nSPS) is 20.6. The first kappa shape index (κ1) is 24.4. The summed E-state index contributed by atoms with van der Waals surface area (Å²) in [5.74, 6) is 1.64. The summed E-state index contributed by atoms with van der Waals surface area (Å²) >= 11 is 6.02. The summed E-state index contributed by atoms with van der Waals surface area (Å²) in [5.41, 5.74) is 0.921. The van der Waals surface area contributed by atoms with Gasteiger partial charge in [-0.15, -0.1) is 0 Å². The monoisotopic (exact) mass is 484 g/mol. The molecule has 2 heterocycles. The molecule has 2 aromatic carbocycles. The minimum Gasteiger partial charge on any atom is -0.497 e. The van der Waals surface area contributed by atoms with Crippen molar-refractivity contribution in [2.75, 3.05) is 33.3 Å². The van der Waals surface area contributed by atoms with Gasteiger partial charge in [-0.25, -0.2) is 0 Å². The summed E-state index contributed by atoms with van der Waals surface area (Å²) in [5, 5.41) is 0.655. The highest BCUT2D eigenvalue weighted by atomic mass is 35.5. The predicted molar refractivity (Wildman–Crippen MR) is 132 cm³/mol. The number of carbonyl (C=O) groups is 2. The summed E-state index contributed by atoms with van der Waals surface area (Å²) < 4.78 is 11.6. The topological polar surface area (TPSA) is 59.1 Å². The van der Waals surface area contributed by atoms with Crippen molar-refractivity contribution in [1.29, 1.82) is 0 Å². The van der Waals surface area contributed by atoms with Crippen LogP contribution < -0.4 is 9.47 Å². The predicted octanol–water partition coefficient (Wildman–Crippen LogP) is 4.59. The van der Waals surface area contributed by atoms with E-state index >= 15 is 0 Å². The van der Waals surface area contributed by atoms with Crippen LogP contribution in [0.15, 0.2) is 48.5 Å². The molecule has 2 aliphatic heterocycles. The first-order valence-corrected chi connectivity index (χ1v) is 12.5. The van der Waals surface area contributed by atoms with E-state index in [2.05, 4.69) is 0 Å². The van der Waals surface area contributed by atoms with Crippen LogP contribution in [0.4, 0.5) is 0 Å². The molecule has 34 heavy (non-hydrogen) atoms. The number of halogens is 1. The molecule has 2 aliphatic rings. The van der Waals surface area contributed by atoms with Gasteiger partial charge in [0.2, 0.25) is 11.8 Å². The van der Waals surface area contributed by atoms with E-state index < -0.39 is 0 Å². The van der Waals surface area contributed by atoms with Crippen LogP contribution >= 0.6 is 11.6 Å². The van der Waals surface area contributed by atoms with E-state index in [0.717, 1.165) is 43.0 Å². The van der Waals surface area contributed by atoms with Gasteiger partial charge >= 0.3 is 0 Å². The number of nitrogens with zero attached hydrogens (tertiary/aromatic N) is 2. The maximum absolute atomic E-state index is 13.1. The zero-order valence-corrected chi connectivity index (χ0v) is 20.5. The van der Waals surface area contributed by atoms with Gasteiger partial charge in [0.1, 0.15) is 17.6 Å². The van der Waals surface area contributed by atoms with Crippen molar-refractivity contribution in [3.8, 4) is 11.5 Å². The van der Waals surface area contributed by atoms with Gasteiger partial charge in [-0.1, -0.05) is 23.7 Å². The molecule has 6 nitrogen and oxygen atoms in total. The second kappa shape index (κ2) is 11.6. The summed E-state index contributed by atoms with van der Waals surface area (Å²) in [6.07, 6.45) is 4.56. The zero-order valence-electron chi connectivity index (χ0n) is 19.7. The number of carbonyl (C=O) groups excluding carboxylic acids is 2. The molecule has 0 aliphatic carbocycles. The van der Waals surface area contributed by atoms with Gasteiger partial charge in [-0.05, 0) is 61.2 Å². The van der Waals surface area contributed by atoms with Gasteiger partial charge in [0.15, 0.2) is 0 Å². The zero-order chi connectivity index (χ0) is 23.9. The maximum atomic E-state index is 13.1. The Morgan fingerprint density at radius 2 is 1.71 bits per heavy atom. The summed E-state index contributed by atoms with van der Waals surface area (Å²) in [4.78, 5) is 30.1. The number of hydrogen-bond acceptors (Lipinski definition) is 4. The van der Waals surface area contributed by atoms with Crippen LogP contribution in [-0.2, 0) is 16.0 Å². The van der Waals surface area contributed by atoms with Crippen molar-refractivity contribution >= 4 is 23.4 Å². The first-order valence-electron chi connectivity index (χ1n) is 12.1. The number of amides is 2. The second-order valence-corrected chi connectivity index (χ2v) is 9.61. The van der Waals surface area contributed by atoms with Gasteiger partial charge in [0.25, 0.3) is 0 Å². The average Bonchev–Trinajstić information content (AvgIpc) is 2.87. The van der Waals surface area contributed by atoms with E-state index in [9.17, 15) is 9.59 Å². The molecule has 2 saturated heterocycles. The quantitative estimate of drug-likeness (QED) is 0.576. The fourth-order valence-corrected chi connectivity index (χ4v) is 4.97. The van der Waals surface area contributed by atoms with Crippen LogP contribution in [0.25, 0.3) is 0 Å². The van der Waals surface area contributed by atoms with E-state index in [1.54, 1.807) is 19.2 Å². The third-order valence-corrected chi connectivity index (χ3v) is 7.01. The third kappa shape index (κ3) is 6.44. The minimum atomic E-state index is -0.129. The fraction of sp³-hybridized carbons (Fsp3) is 0.481. The second-order valence-electron chi connectivity index (χ2n) is 9.17. The van der Waals surface area contributed by atoms with E-state index in [-0.39, 0.29) is 23.8 Å². The van der Waals surface area contributed by atoms with E-state index in [0.29, 0.717) is 37.4 Å². The lowest BCUT2D eigenvalue weighted by atomic mass is 9.90. The molecule has 0 spiro atoms. The summed E-state index contributed by atoms with van der Waals surface area (Å²) in [7, 11) is 1.62. The Labute approximate surface area is 206 Å². The van der Waals surface area contributed by atoms with Gasteiger partial charge in [-0.2, -0.15) is 0 Å². The Hall–Kier alpha value is -2.73. The first-order chi connectivity index (χ1) is 16.5. The Kier molecular flexibility index (Phi) is 8.33. The van der Waals surface area contributed by atoms with E-state index in [4.69, 9.17) is 21.1 Å². The molecule has 2 aromatic rings. The smallest absolute Gasteiger partial charge is 0.227 e. The summed E-state index contributed by atoms with van der Waals surface area (Å²) in [6.45, 7) is 2.77. The van der Waals surface area contributed by atoms with Crippen molar-refractivity contribution in [3.05, 3.63) is 59.1 Å². The van der Waals surface area contributed by atoms with Crippen LogP contribution in [0.1, 0.15) is 37.7 Å². The molecule has 2 amide bonds. The number of benzene rings is 2. The molecular weight excluding hydrogens is 452 g/mol. The molecular formula is C27H33ClN2O4. The molecule has 0 radical (unpaired) electrons. The van der Waals surface area contributed by atoms with Crippen LogP contribution in [0, 0.1) is 5.92 Å². The number of hydrogen-bond donors (Lipinski definition) is 0. The van der Waals surface area contributed by atoms with Crippen molar-refractivity contribution in [1.82, 2.24) is 9.80 Å². The number of rotatable bonds is 7. The molecule has 7 heteroatoms. The largest absolute Gasteiger partial charge is 0.497 e. The Morgan fingerprint density at radius 3 is 2.44 bits per heavy atom. The standard InChI is InChI=1S/C27H33ClN2O4/c1-33-24-7-5-6-20(16-24)17-26(31)30-15-12-25(34-23-10-8-22(28)9-11-23)21(19-30)18-27(32)29-13-3-2-4-14-29/h5-11,16,21,25H,2-4,12-15,17-19H2,1H3/t21-,25-/m0/s1. The van der Waals surface area contributed by atoms with Crippen LogP contribution in [0.5, 0.6) is 11.5 Å². The SMILES string of the molecule is COc1cccc(CC(=O)N2CC[C@H](Oc3ccc(Cl)cc3)[C@@H](CC(=O)N3CCCCC3)C2)c1. The number of ether oxygens (including phenoxy) is 2. The number of methoxy groups -OCH3 is 1. The summed E-state index contributed by atoms with van der Waals surface area (Å²) in [6, 6.07) is 14.9. The maximum Gasteiger partial charge on any atom is 0.227 e. The number of likely N-dealkylation sites (tertiary alicyclic amines) is 2. The molecule has 182 valence electrons. The third-order valence-electron chi connectivity index (χ3n) is 6.75. The van der Waals surface area contributed by atoms with Crippen LogP contribution in [0.3, 0.4) is 0 Å². The number of piperidine rings is 2. The van der Waals surface area contributed by atoms with Crippen LogP contribution in [0.2, 0.25) is 5.02 Å². The molecule has 2 atom stereocenters. The fourth-order valence-electron chi connectivity index (χ4n) is 4.84. The molecule has 0 N–H and O–H groups in total. The lowest BCUT2D eigenvalue weighted by Gasteiger charge is -2.39. The lowest BCUT2D eigenvalue weighted by Crippen LogP contribution is -2.50.